The molecule has 0 saturated carbocycles. The Bertz CT molecular complexity index is 646. The standard InChI is InChI=1S/C11H11F4NO4S/c1-6-2-3-7(4-8(6)9(17)18)21(19,20)16-5-11(14,15)10(12)13/h2-4,10,16H,5H2,1H3,(H,17,18). The minimum Gasteiger partial charge on any atom is -0.478 e. The zero-order chi connectivity index (χ0) is 16.4. The molecule has 0 fully saturated rings. The molecule has 0 aliphatic rings. The van der Waals surface area contributed by atoms with Crippen molar-refractivity contribution in [3.63, 3.8) is 0 Å². The summed E-state index contributed by atoms with van der Waals surface area (Å²) in [6.07, 6.45) is -4.02. The first-order valence-electron chi connectivity index (χ1n) is 5.47. The Morgan fingerprint density at radius 2 is 1.95 bits per heavy atom. The van der Waals surface area contributed by atoms with E-state index in [1.54, 1.807) is 0 Å². The molecule has 0 heterocycles. The molecule has 0 saturated heterocycles. The maximum atomic E-state index is 12.7. The van der Waals surface area contributed by atoms with Gasteiger partial charge in [0.05, 0.1) is 17.0 Å². The van der Waals surface area contributed by atoms with Crippen LogP contribution in [0.15, 0.2) is 23.1 Å². The number of carboxylic acids is 1. The molecule has 21 heavy (non-hydrogen) atoms. The summed E-state index contributed by atoms with van der Waals surface area (Å²) in [6.45, 7) is -0.374. The van der Waals surface area contributed by atoms with Gasteiger partial charge in [-0.15, -0.1) is 0 Å². The molecule has 1 aromatic carbocycles. The van der Waals surface area contributed by atoms with E-state index in [1.165, 1.54) is 17.7 Å². The molecule has 0 aliphatic heterocycles. The highest BCUT2D eigenvalue weighted by Gasteiger charge is 2.41. The molecule has 0 aliphatic carbocycles. The van der Waals surface area contributed by atoms with Gasteiger partial charge in [-0.2, -0.15) is 8.78 Å². The van der Waals surface area contributed by atoms with E-state index in [0.717, 1.165) is 12.1 Å². The maximum Gasteiger partial charge on any atom is 0.335 e. The maximum absolute atomic E-state index is 12.7. The molecule has 1 rings (SSSR count). The van der Waals surface area contributed by atoms with Crippen molar-refractivity contribution in [2.24, 2.45) is 0 Å². The number of nitrogens with one attached hydrogen (secondary N) is 1. The van der Waals surface area contributed by atoms with Gasteiger partial charge in [-0.1, -0.05) is 6.07 Å². The third-order valence-corrected chi connectivity index (χ3v) is 3.97. The Balaban J connectivity index is 3.04. The van der Waals surface area contributed by atoms with Gasteiger partial charge in [0.15, 0.2) is 0 Å². The fourth-order valence-electron chi connectivity index (χ4n) is 1.35. The van der Waals surface area contributed by atoms with Gasteiger partial charge < -0.3 is 5.11 Å². The Morgan fingerprint density at radius 1 is 1.38 bits per heavy atom. The van der Waals surface area contributed by atoms with Crippen LogP contribution in [-0.2, 0) is 10.0 Å². The first kappa shape index (κ1) is 17.4. The Kier molecular flexibility index (Phi) is 4.95. The smallest absolute Gasteiger partial charge is 0.335 e. The second-order valence-electron chi connectivity index (χ2n) is 4.17. The molecule has 10 heteroatoms. The highest BCUT2D eigenvalue weighted by molar-refractivity contribution is 7.89. The first-order chi connectivity index (χ1) is 9.47. The molecular formula is C11H11F4NO4S. The molecule has 0 amide bonds. The van der Waals surface area contributed by atoms with E-state index in [-0.39, 0.29) is 11.1 Å². The first-order valence-corrected chi connectivity index (χ1v) is 6.95. The third kappa shape index (κ3) is 4.14. The largest absolute Gasteiger partial charge is 0.478 e. The number of sulfonamides is 1. The monoisotopic (exact) mass is 329 g/mol. The number of benzene rings is 1. The van der Waals surface area contributed by atoms with Crippen LogP contribution in [0.1, 0.15) is 15.9 Å². The van der Waals surface area contributed by atoms with Crippen molar-refractivity contribution in [2.45, 2.75) is 24.2 Å². The Morgan fingerprint density at radius 3 is 2.43 bits per heavy atom. The molecule has 2 N–H and O–H groups in total. The number of aryl methyl sites for hydroxylation is 1. The molecule has 0 bridgehead atoms. The summed E-state index contributed by atoms with van der Waals surface area (Å²) in [7, 11) is -4.53. The van der Waals surface area contributed by atoms with Gasteiger partial charge >= 0.3 is 18.3 Å². The van der Waals surface area contributed by atoms with Crippen LogP contribution in [0.5, 0.6) is 0 Å². The zero-order valence-corrected chi connectivity index (χ0v) is 11.4. The lowest BCUT2D eigenvalue weighted by atomic mass is 10.1. The minimum absolute atomic E-state index is 0.263. The van der Waals surface area contributed by atoms with E-state index in [9.17, 15) is 30.8 Å². The number of aromatic carboxylic acids is 1. The molecule has 118 valence electrons. The Hall–Kier alpha value is -1.68. The van der Waals surface area contributed by atoms with Crippen LogP contribution >= 0.6 is 0 Å². The summed E-state index contributed by atoms with van der Waals surface area (Å²) < 4.78 is 74.0. The van der Waals surface area contributed by atoms with Crippen molar-refractivity contribution in [1.29, 1.82) is 0 Å². The summed E-state index contributed by atoms with van der Waals surface area (Å²) in [5, 5.41) is 8.85. The second-order valence-corrected chi connectivity index (χ2v) is 5.94. The minimum atomic E-state index is -4.53. The van der Waals surface area contributed by atoms with Crippen LogP contribution in [0.3, 0.4) is 0 Å². The molecule has 0 aromatic heterocycles. The number of hydrogen-bond acceptors (Lipinski definition) is 3. The van der Waals surface area contributed by atoms with Crippen LogP contribution in [0.2, 0.25) is 0 Å². The van der Waals surface area contributed by atoms with E-state index < -0.39 is 39.8 Å². The number of rotatable bonds is 6. The lowest BCUT2D eigenvalue weighted by molar-refractivity contribution is -0.122. The topological polar surface area (TPSA) is 83.5 Å². The summed E-state index contributed by atoms with van der Waals surface area (Å²) in [4.78, 5) is 10.3. The number of carboxylic acid groups (broad SMARTS) is 1. The van der Waals surface area contributed by atoms with Gasteiger partial charge in [0, 0.05) is 0 Å². The number of carbonyl (C=O) groups is 1. The van der Waals surface area contributed by atoms with Crippen molar-refractivity contribution >= 4 is 16.0 Å². The highest BCUT2D eigenvalue weighted by Crippen LogP contribution is 2.23. The van der Waals surface area contributed by atoms with Gasteiger partial charge in [-0.3, -0.25) is 0 Å². The summed E-state index contributed by atoms with van der Waals surface area (Å²) >= 11 is 0. The molecule has 0 spiro atoms. The average Bonchev–Trinajstić information content (AvgIpc) is 2.36. The second kappa shape index (κ2) is 5.98. The molecule has 0 atom stereocenters. The van der Waals surface area contributed by atoms with Crippen molar-refractivity contribution in [2.75, 3.05) is 6.54 Å². The molecule has 0 radical (unpaired) electrons. The van der Waals surface area contributed by atoms with Gasteiger partial charge in [-0.05, 0) is 24.6 Å². The summed E-state index contributed by atoms with van der Waals surface area (Å²) in [6, 6.07) is 2.93. The number of hydrogen-bond donors (Lipinski definition) is 2. The van der Waals surface area contributed by atoms with Crippen LogP contribution in [-0.4, -0.2) is 38.4 Å². The fourth-order valence-corrected chi connectivity index (χ4v) is 2.42. The molecule has 0 unspecified atom stereocenters. The van der Waals surface area contributed by atoms with Crippen molar-refractivity contribution in [3.05, 3.63) is 29.3 Å². The van der Waals surface area contributed by atoms with Gasteiger partial charge in [0.25, 0.3) is 0 Å². The zero-order valence-electron chi connectivity index (χ0n) is 10.6. The molecule has 5 nitrogen and oxygen atoms in total. The van der Waals surface area contributed by atoms with Crippen molar-refractivity contribution in [1.82, 2.24) is 4.72 Å². The van der Waals surface area contributed by atoms with Crippen LogP contribution in [0, 0.1) is 6.92 Å². The lowest BCUT2D eigenvalue weighted by Gasteiger charge is -2.16. The normalized spacial score (nSPS) is 12.7. The molecular weight excluding hydrogens is 318 g/mol. The van der Waals surface area contributed by atoms with Crippen LogP contribution in [0.25, 0.3) is 0 Å². The summed E-state index contributed by atoms with van der Waals surface area (Å²) in [5.74, 6) is -5.92. The number of alkyl halides is 4. The van der Waals surface area contributed by atoms with Crippen LogP contribution < -0.4 is 4.72 Å². The van der Waals surface area contributed by atoms with E-state index in [4.69, 9.17) is 5.11 Å². The van der Waals surface area contributed by atoms with E-state index in [0.29, 0.717) is 0 Å². The SMILES string of the molecule is Cc1ccc(S(=O)(=O)NCC(F)(F)C(F)F)cc1C(=O)O. The van der Waals surface area contributed by atoms with E-state index >= 15 is 0 Å². The summed E-state index contributed by atoms with van der Waals surface area (Å²) in [5.41, 5.74) is -0.0714. The number of halogens is 4. The van der Waals surface area contributed by atoms with E-state index in [1.807, 2.05) is 0 Å². The Labute approximate surface area is 117 Å². The van der Waals surface area contributed by atoms with Crippen molar-refractivity contribution < 1.29 is 35.9 Å². The van der Waals surface area contributed by atoms with Crippen LogP contribution in [0.4, 0.5) is 17.6 Å². The van der Waals surface area contributed by atoms with Crippen molar-refractivity contribution in [3.8, 4) is 0 Å². The fraction of sp³-hybridized carbons (Fsp3) is 0.364. The van der Waals surface area contributed by atoms with Gasteiger partial charge in [0.2, 0.25) is 10.0 Å². The quantitative estimate of drug-likeness (QED) is 0.781. The third-order valence-electron chi connectivity index (χ3n) is 2.57. The van der Waals surface area contributed by atoms with E-state index in [2.05, 4.69) is 0 Å². The van der Waals surface area contributed by atoms with Gasteiger partial charge in [0.1, 0.15) is 0 Å². The average molecular weight is 329 g/mol. The highest BCUT2D eigenvalue weighted by atomic mass is 32.2. The lowest BCUT2D eigenvalue weighted by Crippen LogP contribution is -2.41. The predicted molar refractivity (Wildman–Crippen MR) is 64.3 cm³/mol. The van der Waals surface area contributed by atoms with Gasteiger partial charge in [-0.25, -0.2) is 26.7 Å². The molecule has 1 aromatic rings. The predicted octanol–water partition coefficient (Wildman–Crippen LogP) is 1.87.